The Bertz CT molecular complexity index is 415. The topological polar surface area (TPSA) is 63.5 Å². The van der Waals surface area contributed by atoms with Gasteiger partial charge in [0, 0.05) is 13.3 Å². The van der Waals surface area contributed by atoms with E-state index in [1.807, 2.05) is 13.8 Å². The fourth-order valence-corrected chi connectivity index (χ4v) is 2.83. The predicted octanol–water partition coefficient (Wildman–Crippen LogP) is 2.17. The molecule has 6 heteroatoms. The lowest BCUT2D eigenvalue weighted by Crippen LogP contribution is -2.39. The number of amidine groups is 1. The Kier molecular flexibility index (Phi) is 9.02. The van der Waals surface area contributed by atoms with Gasteiger partial charge in [0.1, 0.15) is 5.84 Å². The summed E-state index contributed by atoms with van der Waals surface area (Å²) < 4.78 is 10.2. The van der Waals surface area contributed by atoms with E-state index in [4.69, 9.17) is 14.5 Å². The second-order valence-corrected chi connectivity index (χ2v) is 5.92. The van der Waals surface area contributed by atoms with Gasteiger partial charge in [-0.15, -0.1) is 0 Å². The second-order valence-electron chi connectivity index (χ2n) is 5.92. The Morgan fingerprint density at radius 1 is 1.35 bits per heavy atom. The molecule has 0 amide bonds. The number of piperidine rings is 1. The van der Waals surface area contributed by atoms with Gasteiger partial charge in [0.2, 0.25) is 0 Å². The van der Waals surface area contributed by atoms with Gasteiger partial charge in [0.15, 0.2) is 0 Å². The van der Waals surface area contributed by atoms with E-state index in [2.05, 4.69) is 16.8 Å². The third kappa shape index (κ3) is 6.39. The van der Waals surface area contributed by atoms with Crippen molar-refractivity contribution >= 4 is 18.0 Å². The van der Waals surface area contributed by atoms with Gasteiger partial charge in [-0.2, -0.15) is 0 Å². The quantitative estimate of drug-likeness (QED) is 0.409. The Morgan fingerprint density at radius 3 is 2.48 bits per heavy atom. The van der Waals surface area contributed by atoms with E-state index < -0.39 is 0 Å². The molecule has 0 spiro atoms. The van der Waals surface area contributed by atoms with Crippen LogP contribution in [0.1, 0.15) is 40.0 Å². The molecule has 132 valence electrons. The molecule has 0 aromatic carbocycles. The molecule has 0 bridgehead atoms. The molecule has 1 saturated heterocycles. The maximum atomic E-state index is 11.6. The van der Waals surface area contributed by atoms with Gasteiger partial charge in [-0.1, -0.05) is 6.92 Å². The number of methoxy groups -OCH3 is 2. The van der Waals surface area contributed by atoms with E-state index in [0.717, 1.165) is 38.2 Å². The monoisotopic (exact) mass is 325 g/mol. The summed E-state index contributed by atoms with van der Waals surface area (Å²) in [5.74, 6) is 0.771. The van der Waals surface area contributed by atoms with E-state index in [9.17, 15) is 4.79 Å². The summed E-state index contributed by atoms with van der Waals surface area (Å²) in [5.41, 5.74) is 0. The van der Waals surface area contributed by atoms with Gasteiger partial charge in [-0.05, 0) is 46.2 Å². The number of carbonyl (C=O) groups is 1. The van der Waals surface area contributed by atoms with Crippen molar-refractivity contribution in [2.75, 3.05) is 33.9 Å². The zero-order valence-corrected chi connectivity index (χ0v) is 15.1. The van der Waals surface area contributed by atoms with Crippen LogP contribution < -0.4 is 0 Å². The summed E-state index contributed by atoms with van der Waals surface area (Å²) >= 11 is 0. The lowest BCUT2D eigenvalue weighted by atomic mass is 9.97. The average molecular weight is 325 g/mol. The first-order valence-corrected chi connectivity index (χ1v) is 8.43. The third-order valence-electron chi connectivity index (χ3n) is 4.41. The molecule has 0 aliphatic carbocycles. The molecule has 1 fully saturated rings. The third-order valence-corrected chi connectivity index (χ3v) is 4.41. The first-order valence-electron chi connectivity index (χ1n) is 8.43. The molecule has 0 N–H and O–H groups in total. The van der Waals surface area contributed by atoms with Crippen molar-refractivity contribution in [3.05, 3.63) is 0 Å². The maximum Gasteiger partial charge on any atom is 0.308 e. The van der Waals surface area contributed by atoms with Crippen molar-refractivity contribution in [3.63, 3.8) is 0 Å². The molecule has 1 rings (SSSR count). The minimum absolute atomic E-state index is 0.0308. The number of ether oxygens (including phenoxy) is 2. The van der Waals surface area contributed by atoms with Crippen LogP contribution in [0, 0.1) is 5.92 Å². The number of likely N-dealkylation sites (tertiary alicyclic amines) is 1. The Balaban J connectivity index is 2.65. The molecule has 0 radical (unpaired) electrons. The van der Waals surface area contributed by atoms with E-state index in [0.29, 0.717) is 6.54 Å². The summed E-state index contributed by atoms with van der Waals surface area (Å²) in [7, 11) is 3.17. The number of esters is 1. The standard InChI is InChI=1S/C17H31N3O3/c1-6-15(13(3)22-4)19-16(18-7-2)12-20-10-8-14(9-11-20)17(21)23-5/h7,13-15H,6,8-12H2,1-5H3/t13?,15-/m1/s1. The van der Waals surface area contributed by atoms with Crippen LogP contribution in [-0.2, 0) is 14.3 Å². The van der Waals surface area contributed by atoms with Crippen LogP contribution >= 0.6 is 0 Å². The number of carbonyl (C=O) groups excluding carboxylic acids is 1. The Labute approximate surface area is 140 Å². The molecule has 0 aromatic heterocycles. The second kappa shape index (κ2) is 10.5. The zero-order chi connectivity index (χ0) is 17.2. The average Bonchev–Trinajstić information content (AvgIpc) is 2.58. The van der Waals surface area contributed by atoms with Crippen LogP contribution in [0.2, 0.25) is 0 Å². The highest BCUT2D eigenvalue weighted by Gasteiger charge is 2.26. The molecule has 1 aliphatic rings. The minimum Gasteiger partial charge on any atom is -0.469 e. The highest BCUT2D eigenvalue weighted by molar-refractivity contribution is 5.90. The molecule has 6 nitrogen and oxygen atoms in total. The SMILES string of the molecule is CC=NC(CN1CCC(C(=O)OC)CC1)=N[C@H](CC)C(C)OC. The summed E-state index contributed by atoms with van der Waals surface area (Å²) in [5, 5.41) is 0. The first-order chi connectivity index (χ1) is 11.0. The lowest BCUT2D eigenvalue weighted by Gasteiger charge is -2.30. The van der Waals surface area contributed by atoms with Crippen molar-refractivity contribution in [2.24, 2.45) is 15.9 Å². The van der Waals surface area contributed by atoms with Crippen LogP contribution in [0.5, 0.6) is 0 Å². The predicted molar refractivity (Wildman–Crippen MR) is 93.3 cm³/mol. The van der Waals surface area contributed by atoms with Crippen molar-refractivity contribution in [2.45, 2.75) is 52.2 Å². The van der Waals surface area contributed by atoms with Crippen LogP contribution in [-0.4, -0.2) is 68.9 Å². The van der Waals surface area contributed by atoms with E-state index in [1.54, 1.807) is 13.3 Å². The molecule has 0 saturated carbocycles. The zero-order valence-electron chi connectivity index (χ0n) is 15.1. The van der Waals surface area contributed by atoms with Gasteiger partial charge in [-0.3, -0.25) is 14.7 Å². The van der Waals surface area contributed by atoms with E-state index in [1.165, 1.54) is 7.11 Å². The lowest BCUT2D eigenvalue weighted by molar-refractivity contribution is -0.146. The van der Waals surface area contributed by atoms with Gasteiger partial charge >= 0.3 is 5.97 Å². The fourth-order valence-electron chi connectivity index (χ4n) is 2.83. The Hall–Kier alpha value is -1.27. The van der Waals surface area contributed by atoms with Crippen LogP contribution in [0.3, 0.4) is 0 Å². The number of hydrogen-bond acceptors (Lipinski definition) is 5. The minimum atomic E-state index is -0.0925. The Morgan fingerprint density at radius 2 is 2.00 bits per heavy atom. The summed E-state index contributed by atoms with van der Waals surface area (Å²) in [6.07, 6.45) is 4.45. The largest absolute Gasteiger partial charge is 0.469 e. The van der Waals surface area contributed by atoms with Crippen LogP contribution in [0.4, 0.5) is 0 Å². The highest BCUT2D eigenvalue weighted by atomic mass is 16.5. The molecule has 1 unspecified atom stereocenters. The van der Waals surface area contributed by atoms with Crippen LogP contribution in [0.15, 0.2) is 9.98 Å². The van der Waals surface area contributed by atoms with E-state index in [-0.39, 0.29) is 24.0 Å². The summed E-state index contributed by atoms with van der Waals surface area (Å²) in [6.45, 7) is 8.50. The maximum absolute atomic E-state index is 11.6. The highest BCUT2D eigenvalue weighted by Crippen LogP contribution is 2.18. The number of nitrogens with zero attached hydrogens (tertiary/aromatic N) is 3. The van der Waals surface area contributed by atoms with Gasteiger partial charge < -0.3 is 9.47 Å². The number of hydrogen-bond donors (Lipinski definition) is 0. The molecule has 23 heavy (non-hydrogen) atoms. The van der Waals surface area contributed by atoms with Crippen LogP contribution in [0.25, 0.3) is 0 Å². The summed E-state index contributed by atoms with van der Waals surface area (Å²) in [4.78, 5) is 23.1. The van der Waals surface area contributed by atoms with Crippen molar-refractivity contribution in [3.8, 4) is 0 Å². The molecular weight excluding hydrogens is 294 g/mol. The van der Waals surface area contributed by atoms with Gasteiger partial charge in [-0.25, -0.2) is 4.99 Å². The van der Waals surface area contributed by atoms with Crippen molar-refractivity contribution in [1.82, 2.24) is 4.90 Å². The van der Waals surface area contributed by atoms with Gasteiger partial charge in [0.05, 0.1) is 31.7 Å². The van der Waals surface area contributed by atoms with Crippen molar-refractivity contribution < 1.29 is 14.3 Å². The van der Waals surface area contributed by atoms with E-state index >= 15 is 0 Å². The smallest absolute Gasteiger partial charge is 0.308 e. The number of aliphatic imine (C=N–C) groups is 2. The van der Waals surface area contributed by atoms with Gasteiger partial charge in [0.25, 0.3) is 0 Å². The molecular formula is C17H31N3O3. The molecule has 1 heterocycles. The molecule has 1 aliphatic heterocycles. The number of rotatable bonds is 7. The van der Waals surface area contributed by atoms with Crippen molar-refractivity contribution in [1.29, 1.82) is 0 Å². The normalized spacial score (nSPS) is 20.7. The first kappa shape index (κ1) is 19.8. The fraction of sp³-hybridized carbons (Fsp3) is 0.824. The summed E-state index contributed by atoms with van der Waals surface area (Å²) in [6, 6.07) is 0.117. The molecule has 2 atom stereocenters. The molecule has 0 aromatic rings.